The highest BCUT2D eigenvalue weighted by molar-refractivity contribution is 5.80. The predicted octanol–water partition coefficient (Wildman–Crippen LogP) is 3.18. The van der Waals surface area contributed by atoms with Gasteiger partial charge in [0.2, 0.25) is 0 Å². The number of carbonyl (C=O) groups excluding carboxylic acids is 2. The number of rotatable bonds is 4. The maximum absolute atomic E-state index is 11.4. The summed E-state index contributed by atoms with van der Waals surface area (Å²) >= 11 is 0. The molecule has 0 heterocycles. The van der Waals surface area contributed by atoms with Crippen molar-refractivity contribution < 1.29 is 19.2 Å². The molecule has 6 nitrogen and oxygen atoms in total. The van der Waals surface area contributed by atoms with Gasteiger partial charge in [0.15, 0.2) is 0 Å². The van der Waals surface area contributed by atoms with Crippen molar-refractivity contribution in [3.05, 3.63) is 24.3 Å². The summed E-state index contributed by atoms with van der Waals surface area (Å²) in [6, 6.07) is 8.48. The maximum Gasteiger partial charge on any atom is 0.440 e. The molecule has 0 aromatic heterocycles. The lowest BCUT2D eigenvalue weighted by Crippen LogP contribution is -2.38. The van der Waals surface area contributed by atoms with Crippen LogP contribution in [-0.4, -0.2) is 37.3 Å². The van der Waals surface area contributed by atoms with Gasteiger partial charge in [0.25, 0.3) is 0 Å². The van der Waals surface area contributed by atoms with Crippen LogP contribution in [0, 0.1) is 0 Å². The lowest BCUT2D eigenvalue weighted by Gasteiger charge is -2.19. The Labute approximate surface area is 125 Å². The van der Waals surface area contributed by atoms with Gasteiger partial charge in [-0.25, -0.2) is 9.59 Å². The third-order valence-corrected chi connectivity index (χ3v) is 2.76. The summed E-state index contributed by atoms with van der Waals surface area (Å²) in [7, 11) is 1.19. The number of hydroxylamine groups is 1. The van der Waals surface area contributed by atoms with Gasteiger partial charge in [-0.3, -0.25) is 0 Å². The normalized spacial score (nSPS) is 9.86. The van der Waals surface area contributed by atoms with Gasteiger partial charge >= 0.3 is 12.2 Å². The van der Waals surface area contributed by atoms with Crippen LogP contribution in [0.25, 0.3) is 11.1 Å². The zero-order valence-corrected chi connectivity index (χ0v) is 12.7. The molecule has 116 valence electrons. The summed E-state index contributed by atoms with van der Waals surface area (Å²) in [5.74, 6) is 0. The average Bonchev–Trinajstić information content (AvgIpc) is 3.10. The highest BCUT2D eigenvalue weighted by Gasteiger charge is 2.14. The molecule has 0 saturated heterocycles. The van der Waals surface area contributed by atoms with Crippen molar-refractivity contribution in [3.63, 3.8) is 0 Å². The molecule has 0 aliphatic heterocycles. The number of methoxy groups -OCH3 is 1. The van der Waals surface area contributed by atoms with Crippen LogP contribution in [0.15, 0.2) is 24.3 Å². The van der Waals surface area contributed by atoms with E-state index in [0.29, 0.717) is 13.1 Å². The molecule has 1 N–H and O–H groups in total. The van der Waals surface area contributed by atoms with Gasteiger partial charge < -0.3 is 14.5 Å². The van der Waals surface area contributed by atoms with Gasteiger partial charge in [-0.05, 0) is 30.0 Å². The van der Waals surface area contributed by atoms with Crippen molar-refractivity contribution in [1.82, 2.24) is 10.4 Å². The molecule has 2 aliphatic carbocycles. The third kappa shape index (κ3) is 6.16. The van der Waals surface area contributed by atoms with E-state index < -0.39 is 12.2 Å². The van der Waals surface area contributed by atoms with Crippen molar-refractivity contribution >= 4 is 12.2 Å². The van der Waals surface area contributed by atoms with E-state index in [1.807, 2.05) is 19.3 Å². The van der Waals surface area contributed by atoms with Crippen LogP contribution in [0.2, 0.25) is 0 Å². The molecule has 0 atom stereocenters. The van der Waals surface area contributed by atoms with Crippen LogP contribution < -0.4 is 5.48 Å². The highest BCUT2D eigenvalue weighted by atomic mass is 16.7. The second-order valence-corrected chi connectivity index (χ2v) is 4.53. The first-order chi connectivity index (χ1) is 10.1. The minimum atomic E-state index is -0.795. The number of benzene rings is 1. The molecule has 2 aliphatic rings. The van der Waals surface area contributed by atoms with Crippen molar-refractivity contribution in [2.24, 2.45) is 0 Å². The minimum Gasteiger partial charge on any atom is -0.451 e. The van der Waals surface area contributed by atoms with Gasteiger partial charge in [-0.1, -0.05) is 32.0 Å². The Bertz CT molecular complexity index is 453. The van der Waals surface area contributed by atoms with Crippen LogP contribution in [-0.2, 0) is 9.57 Å². The van der Waals surface area contributed by atoms with E-state index in [-0.39, 0.29) is 0 Å². The Hall–Kier alpha value is -2.24. The van der Waals surface area contributed by atoms with E-state index in [1.54, 1.807) is 0 Å². The quantitative estimate of drug-likeness (QED) is 0.879. The average molecular weight is 294 g/mol. The van der Waals surface area contributed by atoms with Crippen LogP contribution in [0.3, 0.4) is 0 Å². The zero-order valence-electron chi connectivity index (χ0n) is 12.7. The molecule has 0 aromatic rings. The van der Waals surface area contributed by atoms with E-state index in [4.69, 9.17) is 0 Å². The van der Waals surface area contributed by atoms with Gasteiger partial charge in [-0.2, -0.15) is 0 Å². The number of ether oxygens (including phenoxy) is 1. The Morgan fingerprint density at radius 3 is 2.05 bits per heavy atom. The van der Waals surface area contributed by atoms with Crippen LogP contribution in [0.1, 0.15) is 26.7 Å². The van der Waals surface area contributed by atoms with Gasteiger partial charge in [0, 0.05) is 13.1 Å². The SMILES string of the molecule is CCCN(CCC)C(=O)ONC(=O)OC.c1cc2cc-2c1. The Morgan fingerprint density at radius 1 is 1.14 bits per heavy atom. The number of nitrogens with one attached hydrogen (secondary N) is 1. The highest BCUT2D eigenvalue weighted by Crippen LogP contribution is 2.32. The fourth-order valence-corrected chi connectivity index (χ4v) is 1.70. The lowest BCUT2D eigenvalue weighted by atomic mass is 10.4. The maximum atomic E-state index is 11.4. The zero-order chi connectivity index (χ0) is 15.7. The molecular formula is C15H22N2O4. The number of nitrogens with zero attached hydrogens (tertiary/aromatic N) is 1. The van der Waals surface area contributed by atoms with Crippen LogP contribution in [0.5, 0.6) is 0 Å². The molecule has 21 heavy (non-hydrogen) atoms. The van der Waals surface area contributed by atoms with E-state index in [0.717, 1.165) is 12.8 Å². The molecule has 0 aromatic carbocycles. The molecule has 0 fully saturated rings. The Morgan fingerprint density at radius 2 is 1.71 bits per heavy atom. The minimum absolute atomic E-state index is 0.566. The fourth-order valence-electron chi connectivity index (χ4n) is 1.70. The number of hydrogen-bond donors (Lipinski definition) is 1. The van der Waals surface area contributed by atoms with Crippen molar-refractivity contribution in [2.45, 2.75) is 26.7 Å². The summed E-state index contributed by atoms with van der Waals surface area (Å²) in [6.45, 7) is 5.14. The van der Waals surface area contributed by atoms with Crippen molar-refractivity contribution in [1.29, 1.82) is 0 Å². The summed E-state index contributed by atoms with van der Waals surface area (Å²) in [4.78, 5) is 28.1. The Balaban J connectivity index is 0.000000294. The Kier molecular flexibility index (Phi) is 7.08. The van der Waals surface area contributed by atoms with E-state index >= 15 is 0 Å². The molecular weight excluding hydrogens is 272 g/mol. The number of fused-ring (bicyclic) bond motifs is 1. The van der Waals surface area contributed by atoms with E-state index in [1.165, 1.54) is 23.1 Å². The largest absolute Gasteiger partial charge is 0.451 e. The number of amides is 2. The molecule has 0 saturated carbocycles. The second kappa shape index (κ2) is 8.84. The molecule has 2 rings (SSSR count). The van der Waals surface area contributed by atoms with E-state index in [9.17, 15) is 9.59 Å². The summed E-state index contributed by atoms with van der Waals surface area (Å²) in [6.07, 6.45) is 0.320. The summed E-state index contributed by atoms with van der Waals surface area (Å²) < 4.78 is 4.25. The number of hydrogen-bond acceptors (Lipinski definition) is 4. The van der Waals surface area contributed by atoms with E-state index in [2.05, 4.69) is 33.8 Å². The standard InChI is InChI=1S/C9H18N2O4.C6H4/c1-4-6-11(7-5-2)9(13)15-10-8(12)14-3;1-2-5-4-6(5)3-1/h4-7H2,1-3H3,(H,10,12);1-4H. The predicted molar refractivity (Wildman–Crippen MR) is 79.6 cm³/mol. The first-order valence-corrected chi connectivity index (χ1v) is 7.02. The van der Waals surface area contributed by atoms with Crippen LogP contribution in [0.4, 0.5) is 9.59 Å². The van der Waals surface area contributed by atoms with Crippen LogP contribution >= 0.6 is 0 Å². The first kappa shape index (κ1) is 16.8. The molecule has 0 radical (unpaired) electrons. The van der Waals surface area contributed by atoms with Crippen molar-refractivity contribution in [2.75, 3.05) is 20.2 Å². The summed E-state index contributed by atoms with van der Waals surface area (Å²) in [5.41, 5.74) is 4.73. The van der Waals surface area contributed by atoms with Gasteiger partial charge in [0.1, 0.15) is 0 Å². The molecule has 0 bridgehead atoms. The second-order valence-electron chi connectivity index (χ2n) is 4.53. The fraction of sp³-hybridized carbons (Fsp3) is 0.467. The smallest absolute Gasteiger partial charge is 0.440 e. The molecule has 0 unspecified atom stereocenters. The van der Waals surface area contributed by atoms with Crippen molar-refractivity contribution in [3.8, 4) is 11.1 Å². The third-order valence-electron chi connectivity index (χ3n) is 2.76. The molecule has 2 amide bonds. The topological polar surface area (TPSA) is 67.9 Å². The lowest BCUT2D eigenvalue weighted by molar-refractivity contribution is 0.0481. The molecule has 6 heteroatoms. The first-order valence-electron chi connectivity index (χ1n) is 7.02. The van der Waals surface area contributed by atoms with Gasteiger partial charge in [-0.15, -0.1) is 5.48 Å². The monoisotopic (exact) mass is 294 g/mol. The van der Waals surface area contributed by atoms with Gasteiger partial charge in [0.05, 0.1) is 7.11 Å². The number of carbonyl (C=O) groups is 2. The molecule has 0 spiro atoms. The summed E-state index contributed by atoms with van der Waals surface area (Å²) in [5, 5.41) is 0.